The number of rotatable bonds is 6. The van der Waals surface area contributed by atoms with E-state index in [1.54, 1.807) is 17.8 Å². The summed E-state index contributed by atoms with van der Waals surface area (Å²) in [5.41, 5.74) is 0.737. The SMILES string of the molecule is COc1cc(NCC(C)SC)cc([N+](=O)[O-])c1. The van der Waals surface area contributed by atoms with Crippen LogP contribution in [0.2, 0.25) is 0 Å². The lowest BCUT2D eigenvalue weighted by atomic mass is 10.2. The zero-order valence-corrected chi connectivity index (χ0v) is 10.9. The Morgan fingerprint density at radius 3 is 2.76 bits per heavy atom. The Bertz CT molecular complexity index is 398. The van der Waals surface area contributed by atoms with Crippen LogP contribution in [0.4, 0.5) is 11.4 Å². The molecule has 0 saturated heterocycles. The van der Waals surface area contributed by atoms with Crippen molar-refractivity contribution in [2.45, 2.75) is 12.2 Å². The molecular formula is C11H16N2O3S. The van der Waals surface area contributed by atoms with Crippen molar-refractivity contribution in [2.24, 2.45) is 0 Å². The van der Waals surface area contributed by atoms with Crippen LogP contribution in [0, 0.1) is 10.1 Å². The van der Waals surface area contributed by atoms with E-state index in [9.17, 15) is 10.1 Å². The van der Waals surface area contributed by atoms with E-state index in [1.807, 2.05) is 6.26 Å². The fourth-order valence-electron chi connectivity index (χ4n) is 1.25. The predicted octanol–water partition coefficient (Wildman–Crippen LogP) is 2.77. The maximum atomic E-state index is 10.7. The lowest BCUT2D eigenvalue weighted by Gasteiger charge is -2.11. The smallest absolute Gasteiger partial charge is 0.275 e. The summed E-state index contributed by atoms with van der Waals surface area (Å²) >= 11 is 1.74. The summed E-state index contributed by atoms with van der Waals surface area (Å²) < 4.78 is 5.03. The second kappa shape index (κ2) is 6.34. The first-order valence-electron chi connectivity index (χ1n) is 5.17. The molecule has 0 aliphatic heterocycles. The third kappa shape index (κ3) is 4.14. The molecule has 94 valence electrons. The van der Waals surface area contributed by atoms with Gasteiger partial charge in [0.1, 0.15) is 5.75 Å². The highest BCUT2D eigenvalue weighted by molar-refractivity contribution is 7.99. The molecular weight excluding hydrogens is 240 g/mol. The van der Waals surface area contributed by atoms with Crippen molar-refractivity contribution in [3.8, 4) is 5.75 Å². The molecule has 0 radical (unpaired) electrons. The van der Waals surface area contributed by atoms with Gasteiger partial charge in [-0.3, -0.25) is 10.1 Å². The summed E-state index contributed by atoms with van der Waals surface area (Å²) in [6, 6.07) is 4.67. The number of hydrogen-bond donors (Lipinski definition) is 1. The molecule has 6 heteroatoms. The largest absolute Gasteiger partial charge is 0.496 e. The van der Waals surface area contributed by atoms with Crippen LogP contribution in [-0.2, 0) is 0 Å². The van der Waals surface area contributed by atoms with Crippen LogP contribution in [0.3, 0.4) is 0 Å². The summed E-state index contributed by atoms with van der Waals surface area (Å²) in [4.78, 5) is 10.3. The molecule has 0 amide bonds. The van der Waals surface area contributed by atoms with Crippen LogP contribution >= 0.6 is 11.8 Å². The molecule has 0 bridgehead atoms. The van der Waals surface area contributed by atoms with Crippen molar-refractivity contribution in [2.75, 3.05) is 25.2 Å². The maximum absolute atomic E-state index is 10.7. The second-order valence-electron chi connectivity index (χ2n) is 3.60. The Balaban J connectivity index is 2.83. The van der Waals surface area contributed by atoms with Gasteiger partial charge in [-0.15, -0.1) is 0 Å². The monoisotopic (exact) mass is 256 g/mol. The summed E-state index contributed by atoms with van der Waals surface area (Å²) in [7, 11) is 1.49. The van der Waals surface area contributed by atoms with Crippen molar-refractivity contribution < 1.29 is 9.66 Å². The molecule has 1 atom stereocenters. The van der Waals surface area contributed by atoms with Gasteiger partial charge >= 0.3 is 0 Å². The highest BCUT2D eigenvalue weighted by atomic mass is 32.2. The average Bonchev–Trinajstić information content (AvgIpc) is 2.35. The summed E-state index contributed by atoms with van der Waals surface area (Å²) in [6.45, 7) is 2.84. The van der Waals surface area contributed by atoms with E-state index in [0.29, 0.717) is 16.7 Å². The van der Waals surface area contributed by atoms with Gasteiger partial charge in [0.15, 0.2) is 0 Å². The number of nitro benzene ring substituents is 1. The molecule has 5 nitrogen and oxygen atoms in total. The number of nitrogens with zero attached hydrogens (tertiary/aromatic N) is 1. The van der Waals surface area contributed by atoms with Gasteiger partial charge in [-0.25, -0.2) is 0 Å². The number of anilines is 1. The number of non-ortho nitro benzene ring substituents is 1. The lowest BCUT2D eigenvalue weighted by Crippen LogP contribution is -2.12. The van der Waals surface area contributed by atoms with Crippen LogP contribution in [0.25, 0.3) is 0 Å². The van der Waals surface area contributed by atoms with E-state index >= 15 is 0 Å². The number of nitro groups is 1. The van der Waals surface area contributed by atoms with Gasteiger partial charge in [0.05, 0.1) is 18.1 Å². The highest BCUT2D eigenvalue weighted by Gasteiger charge is 2.10. The number of benzene rings is 1. The summed E-state index contributed by atoms with van der Waals surface area (Å²) in [6.07, 6.45) is 2.03. The van der Waals surface area contributed by atoms with Gasteiger partial charge in [-0.1, -0.05) is 6.92 Å². The number of hydrogen-bond acceptors (Lipinski definition) is 5. The zero-order chi connectivity index (χ0) is 12.8. The first-order valence-corrected chi connectivity index (χ1v) is 6.45. The van der Waals surface area contributed by atoms with E-state index in [0.717, 1.165) is 6.54 Å². The molecule has 1 aromatic rings. The van der Waals surface area contributed by atoms with E-state index < -0.39 is 4.92 Å². The first kappa shape index (κ1) is 13.6. The average molecular weight is 256 g/mol. The van der Waals surface area contributed by atoms with Crippen molar-refractivity contribution >= 4 is 23.1 Å². The summed E-state index contributed by atoms with van der Waals surface area (Å²) in [5, 5.41) is 14.3. The quantitative estimate of drug-likeness (QED) is 0.626. The molecule has 0 aliphatic carbocycles. The standard InChI is InChI=1S/C11H16N2O3S/c1-8(17-3)7-12-9-4-10(13(14)15)6-11(5-9)16-2/h4-6,8,12H,7H2,1-3H3. The molecule has 1 aromatic carbocycles. The van der Waals surface area contributed by atoms with Crippen LogP contribution in [0.1, 0.15) is 6.92 Å². The third-order valence-electron chi connectivity index (χ3n) is 2.33. The first-order chi connectivity index (χ1) is 8.06. The number of thioether (sulfide) groups is 1. The van der Waals surface area contributed by atoms with Crippen LogP contribution < -0.4 is 10.1 Å². The minimum atomic E-state index is -0.425. The summed E-state index contributed by atoms with van der Waals surface area (Å²) in [5.74, 6) is 0.485. The molecule has 0 fully saturated rings. The molecule has 0 heterocycles. The topological polar surface area (TPSA) is 64.4 Å². The van der Waals surface area contributed by atoms with Gasteiger partial charge < -0.3 is 10.1 Å². The normalized spacial score (nSPS) is 11.9. The number of ether oxygens (including phenoxy) is 1. The van der Waals surface area contributed by atoms with Gasteiger partial charge in [-0.2, -0.15) is 11.8 Å². The van der Waals surface area contributed by atoms with Crippen molar-refractivity contribution in [1.29, 1.82) is 0 Å². The van der Waals surface area contributed by atoms with Gasteiger partial charge in [0, 0.05) is 29.6 Å². The number of nitrogens with one attached hydrogen (secondary N) is 1. The number of methoxy groups -OCH3 is 1. The Labute approximate surface area is 105 Å². The molecule has 0 aliphatic rings. The molecule has 0 spiro atoms. The predicted molar refractivity (Wildman–Crippen MR) is 71.1 cm³/mol. The lowest BCUT2D eigenvalue weighted by molar-refractivity contribution is -0.384. The minimum absolute atomic E-state index is 0.0312. The second-order valence-corrected chi connectivity index (χ2v) is 4.88. The van der Waals surface area contributed by atoms with E-state index in [1.165, 1.54) is 19.2 Å². The fourth-order valence-corrected chi connectivity index (χ4v) is 1.50. The van der Waals surface area contributed by atoms with Gasteiger partial charge in [-0.05, 0) is 6.26 Å². The highest BCUT2D eigenvalue weighted by Crippen LogP contribution is 2.25. The van der Waals surface area contributed by atoms with E-state index in [2.05, 4.69) is 12.2 Å². The fraction of sp³-hybridized carbons (Fsp3) is 0.455. The Hall–Kier alpha value is -1.43. The third-order valence-corrected chi connectivity index (χ3v) is 3.31. The van der Waals surface area contributed by atoms with Crippen molar-refractivity contribution in [3.63, 3.8) is 0 Å². The van der Waals surface area contributed by atoms with Gasteiger partial charge in [0.25, 0.3) is 5.69 Å². The van der Waals surface area contributed by atoms with E-state index in [4.69, 9.17) is 4.74 Å². The van der Waals surface area contributed by atoms with E-state index in [-0.39, 0.29) is 5.69 Å². The van der Waals surface area contributed by atoms with Crippen LogP contribution in [0.15, 0.2) is 18.2 Å². The van der Waals surface area contributed by atoms with Crippen LogP contribution in [-0.4, -0.2) is 30.1 Å². The molecule has 0 saturated carbocycles. The zero-order valence-electron chi connectivity index (χ0n) is 10.1. The molecule has 1 N–H and O–H groups in total. The Kier molecular flexibility index (Phi) is 5.09. The molecule has 0 aromatic heterocycles. The minimum Gasteiger partial charge on any atom is -0.496 e. The maximum Gasteiger partial charge on any atom is 0.275 e. The Morgan fingerprint density at radius 2 is 2.24 bits per heavy atom. The molecule has 1 rings (SSSR count). The molecule has 17 heavy (non-hydrogen) atoms. The van der Waals surface area contributed by atoms with Crippen LogP contribution in [0.5, 0.6) is 5.75 Å². The Morgan fingerprint density at radius 1 is 1.53 bits per heavy atom. The van der Waals surface area contributed by atoms with Gasteiger partial charge in [0.2, 0.25) is 0 Å². The molecule has 1 unspecified atom stereocenters. The van der Waals surface area contributed by atoms with Crippen molar-refractivity contribution in [3.05, 3.63) is 28.3 Å². The van der Waals surface area contributed by atoms with Crippen molar-refractivity contribution in [1.82, 2.24) is 0 Å².